The Labute approximate surface area is 144 Å². The van der Waals surface area contributed by atoms with Crippen molar-refractivity contribution in [3.8, 4) is 0 Å². The molecule has 5 heteroatoms. The van der Waals surface area contributed by atoms with Crippen molar-refractivity contribution in [2.45, 2.75) is 32.4 Å². The van der Waals surface area contributed by atoms with Crippen molar-refractivity contribution in [3.05, 3.63) is 48.0 Å². The van der Waals surface area contributed by atoms with Crippen LogP contribution < -0.4 is 0 Å². The highest BCUT2D eigenvalue weighted by atomic mass is 15.2. The van der Waals surface area contributed by atoms with Crippen LogP contribution >= 0.6 is 0 Å². The van der Waals surface area contributed by atoms with E-state index in [1.807, 2.05) is 30.2 Å². The molecule has 2 aliphatic heterocycles. The van der Waals surface area contributed by atoms with E-state index >= 15 is 0 Å². The van der Waals surface area contributed by atoms with Gasteiger partial charge in [0, 0.05) is 44.6 Å². The Hall–Kier alpha value is -1.72. The van der Waals surface area contributed by atoms with E-state index in [9.17, 15) is 0 Å². The predicted octanol–water partition coefficient (Wildman–Crippen LogP) is 2.30. The molecule has 0 amide bonds. The van der Waals surface area contributed by atoms with Crippen LogP contribution in [0.1, 0.15) is 30.5 Å². The lowest BCUT2D eigenvalue weighted by Gasteiger charge is -2.39. The molecule has 0 atom stereocenters. The van der Waals surface area contributed by atoms with Gasteiger partial charge in [0.15, 0.2) is 0 Å². The van der Waals surface area contributed by atoms with Crippen molar-refractivity contribution >= 4 is 0 Å². The van der Waals surface area contributed by atoms with Gasteiger partial charge in [-0.15, -0.1) is 0 Å². The fourth-order valence-corrected chi connectivity index (χ4v) is 4.29. The molecule has 0 radical (unpaired) electrons. The summed E-state index contributed by atoms with van der Waals surface area (Å²) in [5.74, 6) is 0. The molecule has 2 aliphatic rings. The van der Waals surface area contributed by atoms with Crippen molar-refractivity contribution < 1.29 is 0 Å². The van der Waals surface area contributed by atoms with Crippen molar-refractivity contribution in [2.24, 2.45) is 12.5 Å². The van der Waals surface area contributed by atoms with Gasteiger partial charge < -0.3 is 0 Å². The first-order valence-electron chi connectivity index (χ1n) is 9.03. The van der Waals surface area contributed by atoms with Crippen LogP contribution in [0.5, 0.6) is 0 Å². The third kappa shape index (κ3) is 3.52. The summed E-state index contributed by atoms with van der Waals surface area (Å²) in [6, 6.07) is 6.21. The molecule has 0 N–H and O–H groups in total. The van der Waals surface area contributed by atoms with E-state index in [2.05, 4.69) is 38.2 Å². The Morgan fingerprint density at radius 3 is 2.50 bits per heavy atom. The molecule has 0 saturated carbocycles. The number of aryl methyl sites for hydroxylation is 1. The van der Waals surface area contributed by atoms with Crippen LogP contribution in [0.3, 0.4) is 0 Å². The van der Waals surface area contributed by atoms with Gasteiger partial charge in [-0.05, 0) is 56.4 Å². The molecular formula is C19H27N5. The number of aromatic nitrogens is 3. The molecule has 128 valence electrons. The molecule has 4 heterocycles. The fraction of sp³-hybridized carbons (Fsp3) is 0.579. The van der Waals surface area contributed by atoms with Gasteiger partial charge in [-0.25, -0.2) is 0 Å². The van der Waals surface area contributed by atoms with Crippen molar-refractivity contribution in [1.29, 1.82) is 0 Å². The zero-order valence-electron chi connectivity index (χ0n) is 14.6. The molecule has 24 heavy (non-hydrogen) atoms. The minimum absolute atomic E-state index is 0.544. The molecule has 0 unspecified atom stereocenters. The minimum Gasteiger partial charge on any atom is -0.298 e. The fourth-order valence-electron chi connectivity index (χ4n) is 4.29. The number of piperidine rings is 1. The smallest absolute Gasteiger partial charge is 0.0543 e. The number of hydrogen-bond acceptors (Lipinski definition) is 4. The maximum absolute atomic E-state index is 4.46. The van der Waals surface area contributed by atoms with Crippen molar-refractivity contribution in [2.75, 3.05) is 26.2 Å². The van der Waals surface area contributed by atoms with Crippen molar-refractivity contribution in [1.82, 2.24) is 24.6 Å². The van der Waals surface area contributed by atoms with Gasteiger partial charge in [0.05, 0.1) is 11.9 Å². The summed E-state index contributed by atoms with van der Waals surface area (Å²) in [6.07, 6.45) is 10.0. The first-order chi connectivity index (χ1) is 11.7. The van der Waals surface area contributed by atoms with Gasteiger partial charge in [0.2, 0.25) is 0 Å². The highest BCUT2D eigenvalue weighted by Gasteiger charge is 2.40. The van der Waals surface area contributed by atoms with Crippen LogP contribution in [0.2, 0.25) is 0 Å². The summed E-state index contributed by atoms with van der Waals surface area (Å²) in [5, 5.41) is 4.29. The molecule has 2 aromatic rings. The molecule has 0 bridgehead atoms. The van der Waals surface area contributed by atoms with Crippen LogP contribution in [-0.2, 0) is 20.1 Å². The second kappa shape index (κ2) is 6.65. The molecule has 2 fully saturated rings. The Morgan fingerprint density at radius 1 is 1.04 bits per heavy atom. The number of hydrogen-bond donors (Lipinski definition) is 0. The maximum atomic E-state index is 4.46. The van der Waals surface area contributed by atoms with E-state index in [1.165, 1.54) is 56.7 Å². The molecule has 5 nitrogen and oxygen atoms in total. The molecule has 4 rings (SSSR count). The molecular weight excluding hydrogens is 298 g/mol. The van der Waals surface area contributed by atoms with E-state index in [0.717, 1.165) is 13.1 Å². The van der Waals surface area contributed by atoms with Gasteiger partial charge in [-0.2, -0.15) is 5.10 Å². The average Bonchev–Trinajstić information content (AvgIpc) is 3.18. The third-order valence-corrected chi connectivity index (χ3v) is 5.71. The number of rotatable bonds is 4. The number of nitrogens with zero attached hydrogens (tertiary/aromatic N) is 5. The van der Waals surface area contributed by atoms with E-state index in [4.69, 9.17) is 0 Å². The lowest BCUT2D eigenvalue weighted by Crippen LogP contribution is -2.41. The normalized spacial score (nSPS) is 21.5. The SMILES string of the molecule is Cn1cc(CN2CCC3(CCN(Cc4ccccn4)CC3)C2)cn1. The van der Waals surface area contributed by atoms with Gasteiger partial charge in [-0.3, -0.25) is 19.5 Å². The summed E-state index contributed by atoms with van der Waals surface area (Å²) in [7, 11) is 1.99. The zero-order chi connectivity index (χ0) is 16.4. The molecule has 0 aromatic carbocycles. The van der Waals surface area contributed by atoms with Crippen LogP contribution in [0.4, 0.5) is 0 Å². The van der Waals surface area contributed by atoms with E-state index in [0.29, 0.717) is 5.41 Å². The van der Waals surface area contributed by atoms with Gasteiger partial charge >= 0.3 is 0 Å². The number of pyridine rings is 1. The molecule has 2 aromatic heterocycles. The minimum atomic E-state index is 0.544. The van der Waals surface area contributed by atoms with E-state index in [1.54, 1.807) is 0 Å². The topological polar surface area (TPSA) is 37.2 Å². The Balaban J connectivity index is 1.29. The van der Waals surface area contributed by atoms with Crippen LogP contribution in [0.15, 0.2) is 36.8 Å². The lowest BCUT2D eigenvalue weighted by molar-refractivity contribution is 0.101. The standard InChI is InChI=1S/C19H27N5/c1-22-13-17(12-21-22)14-24-11-7-19(16-24)5-9-23(10-6-19)15-18-4-2-3-8-20-18/h2-4,8,12-13H,5-7,9-11,14-16H2,1H3. The molecule has 1 spiro atoms. The summed E-state index contributed by atoms with van der Waals surface area (Å²) in [4.78, 5) is 9.65. The van der Waals surface area contributed by atoms with Crippen LogP contribution in [-0.4, -0.2) is 50.7 Å². The van der Waals surface area contributed by atoms with Crippen LogP contribution in [0.25, 0.3) is 0 Å². The first kappa shape index (κ1) is 15.8. The largest absolute Gasteiger partial charge is 0.298 e. The molecule has 0 aliphatic carbocycles. The maximum Gasteiger partial charge on any atom is 0.0543 e. The quantitative estimate of drug-likeness (QED) is 0.864. The van der Waals surface area contributed by atoms with Gasteiger partial charge in [0.1, 0.15) is 0 Å². The van der Waals surface area contributed by atoms with E-state index < -0.39 is 0 Å². The lowest BCUT2D eigenvalue weighted by atomic mass is 9.78. The molecule has 2 saturated heterocycles. The van der Waals surface area contributed by atoms with Gasteiger partial charge in [0.25, 0.3) is 0 Å². The first-order valence-corrected chi connectivity index (χ1v) is 9.03. The summed E-state index contributed by atoms with van der Waals surface area (Å²) < 4.78 is 1.90. The summed E-state index contributed by atoms with van der Waals surface area (Å²) >= 11 is 0. The zero-order valence-corrected chi connectivity index (χ0v) is 14.6. The van der Waals surface area contributed by atoms with Crippen molar-refractivity contribution in [3.63, 3.8) is 0 Å². The van der Waals surface area contributed by atoms with Crippen LogP contribution in [0, 0.1) is 5.41 Å². The third-order valence-electron chi connectivity index (χ3n) is 5.71. The van der Waals surface area contributed by atoms with Gasteiger partial charge in [-0.1, -0.05) is 6.07 Å². The number of likely N-dealkylation sites (tertiary alicyclic amines) is 2. The second-order valence-corrected chi connectivity index (χ2v) is 7.58. The highest BCUT2D eigenvalue weighted by Crippen LogP contribution is 2.40. The Morgan fingerprint density at radius 2 is 1.83 bits per heavy atom. The second-order valence-electron chi connectivity index (χ2n) is 7.58. The Bertz CT molecular complexity index is 657. The summed E-state index contributed by atoms with van der Waals surface area (Å²) in [5.41, 5.74) is 3.07. The van der Waals surface area contributed by atoms with E-state index in [-0.39, 0.29) is 0 Å². The predicted molar refractivity (Wildman–Crippen MR) is 94.3 cm³/mol. The summed E-state index contributed by atoms with van der Waals surface area (Å²) in [6.45, 7) is 6.94. The Kier molecular flexibility index (Phi) is 4.37. The average molecular weight is 325 g/mol. The monoisotopic (exact) mass is 325 g/mol. The highest BCUT2D eigenvalue weighted by molar-refractivity contribution is 5.06.